The van der Waals surface area contributed by atoms with Crippen LogP contribution >= 0.6 is 0 Å². The van der Waals surface area contributed by atoms with Crippen LogP contribution in [-0.2, 0) is 27.1 Å². The summed E-state index contributed by atoms with van der Waals surface area (Å²) in [6.45, 7) is 1.36. The molecule has 2 heterocycles. The lowest BCUT2D eigenvalue weighted by Crippen LogP contribution is -2.36. The van der Waals surface area contributed by atoms with Gasteiger partial charge in [-0.3, -0.25) is 13.9 Å². The number of hydrogen-bond acceptors (Lipinski definition) is 4. The summed E-state index contributed by atoms with van der Waals surface area (Å²) >= 11 is 0. The van der Waals surface area contributed by atoms with E-state index in [4.69, 9.17) is 0 Å². The Labute approximate surface area is 167 Å². The molecule has 0 aliphatic carbocycles. The van der Waals surface area contributed by atoms with E-state index in [1.165, 1.54) is 17.2 Å². The second-order valence-electron chi connectivity index (χ2n) is 7.11. The highest BCUT2D eigenvalue weighted by Gasteiger charge is 2.17. The van der Waals surface area contributed by atoms with Gasteiger partial charge in [-0.15, -0.1) is 0 Å². The Morgan fingerprint density at radius 3 is 2.17 bits per heavy atom. The van der Waals surface area contributed by atoms with Gasteiger partial charge in [0.05, 0.1) is 0 Å². The number of nitrogens with one attached hydrogen (secondary N) is 1. The molecule has 0 spiro atoms. The highest BCUT2D eigenvalue weighted by Crippen LogP contribution is 2.17. The largest absolute Gasteiger partial charge is 0.338 e. The van der Waals surface area contributed by atoms with Crippen LogP contribution in [0.3, 0.4) is 0 Å². The molecule has 1 N–H and O–H groups in total. The number of fused-ring (bicyclic) bond motifs is 1. The second-order valence-corrected chi connectivity index (χ2v) is 7.11. The predicted molar refractivity (Wildman–Crippen MR) is 114 cm³/mol. The average Bonchev–Trinajstić information content (AvgIpc) is 3.21. The summed E-state index contributed by atoms with van der Waals surface area (Å²) < 4.78 is 2.49. The molecule has 0 atom stereocenters. The van der Waals surface area contributed by atoms with Crippen molar-refractivity contribution in [3.63, 3.8) is 0 Å². The molecule has 4 aromatic rings. The Morgan fingerprint density at radius 2 is 1.52 bits per heavy atom. The lowest BCUT2D eigenvalue weighted by atomic mass is 10.1. The van der Waals surface area contributed by atoms with Gasteiger partial charge in [0.15, 0.2) is 11.2 Å². The number of H-pyrrole nitrogens is 1. The number of anilines is 1. The van der Waals surface area contributed by atoms with Crippen molar-refractivity contribution in [2.75, 3.05) is 11.4 Å². The van der Waals surface area contributed by atoms with Gasteiger partial charge < -0.3 is 9.88 Å². The molecule has 4 rings (SSSR count). The highest BCUT2D eigenvalue weighted by atomic mass is 16.2. The van der Waals surface area contributed by atoms with E-state index in [1.807, 2.05) is 36.4 Å². The Balaban J connectivity index is 1.73. The molecule has 148 valence electrons. The number of imidazole rings is 1. The first kappa shape index (κ1) is 18.7. The third kappa shape index (κ3) is 3.71. The predicted octanol–water partition coefficient (Wildman–Crippen LogP) is 2.21. The van der Waals surface area contributed by atoms with E-state index >= 15 is 0 Å². The molecule has 0 amide bonds. The minimum Gasteiger partial charge on any atom is -0.338 e. The van der Waals surface area contributed by atoms with Crippen LogP contribution in [0.4, 0.5) is 5.95 Å². The van der Waals surface area contributed by atoms with Crippen molar-refractivity contribution in [3.8, 4) is 0 Å². The fraction of sp³-hybridized carbons (Fsp3) is 0.227. The van der Waals surface area contributed by atoms with Gasteiger partial charge in [0.25, 0.3) is 5.56 Å². The fourth-order valence-electron chi connectivity index (χ4n) is 3.44. The van der Waals surface area contributed by atoms with E-state index in [0.29, 0.717) is 30.2 Å². The lowest BCUT2D eigenvalue weighted by molar-refractivity contribution is 0.708. The van der Waals surface area contributed by atoms with E-state index in [-0.39, 0.29) is 11.2 Å². The Bertz CT molecular complexity index is 1240. The van der Waals surface area contributed by atoms with Gasteiger partial charge in [0.1, 0.15) is 0 Å². The summed E-state index contributed by atoms with van der Waals surface area (Å²) in [5, 5.41) is 0. The molecule has 0 aliphatic heterocycles. The number of nitrogens with zero attached hydrogens (tertiary/aromatic N) is 4. The minimum absolute atomic E-state index is 0.336. The van der Waals surface area contributed by atoms with Crippen LogP contribution in [0.2, 0.25) is 0 Å². The van der Waals surface area contributed by atoms with Gasteiger partial charge in [-0.2, -0.15) is 4.98 Å². The van der Waals surface area contributed by atoms with Crippen LogP contribution in [0.5, 0.6) is 0 Å². The molecular weight excluding hydrogens is 366 g/mol. The highest BCUT2D eigenvalue weighted by molar-refractivity contribution is 5.73. The molecule has 2 aromatic heterocycles. The number of benzene rings is 2. The average molecular weight is 389 g/mol. The van der Waals surface area contributed by atoms with Gasteiger partial charge in [-0.25, -0.2) is 4.79 Å². The lowest BCUT2D eigenvalue weighted by Gasteiger charge is -2.22. The molecule has 0 bridgehead atoms. The van der Waals surface area contributed by atoms with Gasteiger partial charge in [-0.1, -0.05) is 60.7 Å². The monoisotopic (exact) mass is 389 g/mol. The number of rotatable bonds is 6. The number of hydrogen-bond donors (Lipinski definition) is 1. The van der Waals surface area contributed by atoms with Crippen molar-refractivity contribution in [2.45, 2.75) is 13.0 Å². The molecule has 2 aromatic carbocycles. The third-order valence-electron chi connectivity index (χ3n) is 5.11. The topological polar surface area (TPSA) is 75.9 Å². The summed E-state index contributed by atoms with van der Waals surface area (Å²) in [5.74, 6) is 0.582. The maximum atomic E-state index is 12.5. The van der Waals surface area contributed by atoms with Crippen molar-refractivity contribution < 1.29 is 0 Å². The zero-order chi connectivity index (χ0) is 20.4. The molecule has 0 unspecified atom stereocenters. The van der Waals surface area contributed by atoms with Crippen LogP contribution in [0.25, 0.3) is 11.2 Å². The van der Waals surface area contributed by atoms with E-state index in [1.54, 1.807) is 7.05 Å². The summed E-state index contributed by atoms with van der Waals surface area (Å²) in [6, 6.07) is 20.4. The smallest absolute Gasteiger partial charge is 0.332 e. The Morgan fingerprint density at radius 1 is 0.897 bits per heavy atom. The molecule has 0 saturated carbocycles. The SMILES string of the molecule is Cn1c(=O)c2[nH]c(N(CCc3ccccc3)Cc3ccccc3)nc2n(C)c1=O. The molecule has 0 radical (unpaired) electrons. The zero-order valence-corrected chi connectivity index (χ0v) is 16.5. The van der Waals surface area contributed by atoms with E-state index in [9.17, 15) is 9.59 Å². The van der Waals surface area contributed by atoms with Crippen LogP contribution in [0, 0.1) is 0 Å². The quantitative estimate of drug-likeness (QED) is 0.549. The van der Waals surface area contributed by atoms with E-state index < -0.39 is 0 Å². The normalized spacial score (nSPS) is 11.1. The van der Waals surface area contributed by atoms with Gasteiger partial charge in [0, 0.05) is 27.2 Å². The van der Waals surface area contributed by atoms with Crippen molar-refractivity contribution in [2.24, 2.45) is 14.1 Å². The van der Waals surface area contributed by atoms with Gasteiger partial charge >= 0.3 is 5.69 Å². The van der Waals surface area contributed by atoms with Crippen LogP contribution in [-0.4, -0.2) is 25.6 Å². The van der Waals surface area contributed by atoms with Crippen molar-refractivity contribution in [1.82, 2.24) is 19.1 Å². The summed E-state index contributed by atoms with van der Waals surface area (Å²) in [5.41, 5.74) is 2.31. The van der Waals surface area contributed by atoms with Gasteiger partial charge in [0.2, 0.25) is 5.95 Å². The van der Waals surface area contributed by atoms with E-state index in [0.717, 1.165) is 16.6 Å². The molecule has 7 heteroatoms. The number of aromatic amines is 1. The van der Waals surface area contributed by atoms with Crippen LogP contribution in [0.1, 0.15) is 11.1 Å². The minimum atomic E-state index is -0.389. The first-order chi connectivity index (χ1) is 14.0. The first-order valence-electron chi connectivity index (χ1n) is 9.53. The van der Waals surface area contributed by atoms with Crippen molar-refractivity contribution in [3.05, 3.63) is 92.6 Å². The summed E-state index contributed by atoms with van der Waals surface area (Å²) in [4.78, 5) is 34.6. The second kappa shape index (κ2) is 7.79. The molecular formula is C22H23N5O2. The van der Waals surface area contributed by atoms with Crippen LogP contribution < -0.4 is 16.1 Å². The van der Waals surface area contributed by atoms with Crippen LogP contribution in [0.15, 0.2) is 70.3 Å². The summed E-state index contributed by atoms with van der Waals surface area (Å²) in [6.07, 6.45) is 0.835. The molecule has 29 heavy (non-hydrogen) atoms. The fourth-order valence-corrected chi connectivity index (χ4v) is 3.44. The third-order valence-corrected chi connectivity index (χ3v) is 5.11. The van der Waals surface area contributed by atoms with Gasteiger partial charge in [-0.05, 0) is 17.5 Å². The zero-order valence-electron chi connectivity index (χ0n) is 16.5. The molecule has 0 saturated heterocycles. The maximum Gasteiger partial charge on any atom is 0.332 e. The molecule has 7 nitrogen and oxygen atoms in total. The standard InChI is InChI=1S/C22H23N5O2/c1-25-19-18(20(28)26(2)22(25)29)23-21(24-19)27(15-17-11-7-4-8-12-17)14-13-16-9-5-3-6-10-16/h3-12H,13-15H2,1-2H3,(H,23,24). The summed E-state index contributed by atoms with van der Waals surface area (Å²) in [7, 11) is 3.10. The number of aromatic nitrogens is 4. The molecule has 0 aliphatic rings. The van der Waals surface area contributed by atoms with Crippen molar-refractivity contribution >= 4 is 17.1 Å². The Hall–Kier alpha value is -3.61. The van der Waals surface area contributed by atoms with Crippen molar-refractivity contribution in [1.29, 1.82) is 0 Å². The maximum absolute atomic E-state index is 12.5. The van der Waals surface area contributed by atoms with E-state index in [2.05, 4.69) is 39.1 Å². The molecule has 0 fully saturated rings. The Kier molecular flexibility index (Phi) is 5.03. The first-order valence-corrected chi connectivity index (χ1v) is 9.53. The number of aryl methyl sites for hydroxylation is 1.